The van der Waals surface area contributed by atoms with Gasteiger partial charge in [0, 0.05) is 22.0 Å². The van der Waals surface area contributed by atoms with Crippen molar-refractivity contribution >= 4 is 28.9 Å². The van der Waals surface area contributed by atoms with Crippen LogP contribution in [0.25, 0.3) is 0 Å². The van der Waals surface area contributed by atoms with Crippen molar-refractivity contribution in [2.75, 3.05) is 11.1 Å². The Morgan fingerprint density at radius 1 is 1.24 bits per heavy atom. The molecule has 0 aliphatic heterocycles. The first kappa shape index (κ1) is 15.4. The Labute approximate surface area is 130 Å². The van der Waals surface area contributed by atoms with Crippen LogP contribution < -0.4 is 11.1 Å². The molecule has 0 aromatic heterocycles. The molecule has 0 fully saturated rings. The minimum Gasteiger partial charge on any atom is -0.399 e. The Balaban J connectivity index is 2.12. The maximum Gasteiger partial charge on any atom is 0.255 e. The van der Waals surface area contributed by atoms with E-state index >= 15 is 0 Å². The predicted molar refractivity (Wildman–Crippen MR) is 89.0 cm³/mol. The minimum atomic E-state index is -0.222. The lowest BCUT2D eigenvalue weighted by Gasteiger charge is -2.11. The van der Waals surface area contributed by atoms with Crippen LogP contribution in [0.5, 0.6) is 0 Å². The number of carbonyl (C=O) groups excluding carboxylic acids is 1. The number of halogens is 1. The zero-order valence-electron chi connectivity index (χ0n) is 12.2. The molecule has 0 spiro atoms. The third-order valence-corrected chi connectivity index (χ3v) is 3.75. The van der Waals surface area contributed by atoms with Crippen LogP contribution in [0.2, 0.25) is 5.02 Å². The van der Waals surface area contributed by atoms with Crippen LogP contribution in [0.15, 0.2) is 42.5 Å². The van der Waals surface area contributed by atoms with E-state index < -0.39 is 0 Å². The number of benzene rings is 2. The van der Waals surface area contributed by atoms with Gasteiger partial charge in [0.15, 0.2) is 0 Å². The molecule has 110 valence electrons. The average Bonchev–Trinajstić information content (AvgIpc) is 2.46. The normalized spacial score (nSPS) is 12.0. The second-order valence-electron chi connectivity index (χ2n) is 5.16. The fraction of sp³-hybridized carbons (Fsp3) is 0.235. The van der Waals surface area contributed by atoms with E-state index in [0.29, 0.717) is 22.2 Å². The molecule has 0 aliphatic carbocycles. The van der Waals surface area contributed by atoms with Gasteiger partial charge in [-0.25, -0.2) is 0 Å². The molecule has 1 unspecified atom stereocenters. The van der Waals surface area contributed by atoms with Gasteiger partial charge in [-0.15, -0.1) is 0 Å². The van der Waals surface area contributed by atoms with Gasteiger partial charge in [0.1, 0.15) is 0 Å². The molecule has 3 N–H and O–H groups in total. The van der Waals surface area contributed by atoms with E-state index in [1.807, 2.05) is 24.3 Å². The van der Waals surface area contributed by atoms with Gasteiger partial charge >= 0.3 is 0 Å². The Kier molecular flexibility index (Phi) is 4.86. The summed E-state index contributed by atoms with van der Waals surface area (Å²) in [7, 11) is 0. The summed E-state index contributed by atoms with van der Waals surface area (Å²) >= 11 is 5.91. The van der Waals surface area contributed by atoms with E-state index in [4.69, 9.17) is 17.3 Å². The minimum absolute atomic E-state index is 0.222. The standard InChI is InChI=1S/C17H19ClN2O/c1-3-11(2)12-4-6-16(7-5-12)20-17(21)13-8-14(18)10-15(19)9-13/h4-11H,3,19H2,1-2H3,(H,20,21). The van der Waals surface area contributed by atoms with E-state index in [2.05, 4.69) is 19.2 Å². The highest BCUT2D eigenvalue weighted by Gasteiger charge is 2.09. The average molecular weight is 303 g/mol. The highest BCUT2D eigenvalue weighted by Crippen LogP contribution is 2.21. The van der Waals surface area contributed by atoms with Crippen LogP contribution in [-0.2, 0) is 0 Å². The highest BCUT2D eigenvalue weighted by molar-refractivity contribution is 6.31. The number of rotatable bonds is 4. The monoisotopic (exact) mass is 302 g/mol. The molecule has 0 aliphatic rings. The van der Waals surface area contributed by atoms with E-state index in [-0.39, 0.29) is 5.91 Å². The van der Waals surface area contributed by atoms with E-state index in [1.165, 1.54) is 5.56 Å². The summed E-state index contributed by atoms with van der Waals surface area (Å²) in [5.41, 5.74) is 8.64. The van der Waals surface area contributed by atoms with Crippen molar-refractivity contribution in [2.24, 2.45) is 0 Å². The second-order valence-corrected chi connectivity index (χ2v) is 5.60. The smallest absolute Gasteiger partial charge is 0.255 e. The number of hydrogen-bond donors (Lipinski definition) is 2. The van der Waals surface area contributed by atoms with Gasteiger partial charge in [-0.3, -0.25) is 4.79 Å². The lowest BCUT2D eigenvalue weighted by molar-refractivity contribution is 0.102. The number of hydrogen-bond acceptors (Lipinski definition) is 2. The Morgan fingerprint density at radius 3 is 2.48 bits per heavy atom. The molecule has 2 aromatic carbocycles. The second kappa shape index (κ2) is 6.64. The summed E-state index contributed by atoms with van der Waals surface area (Å²) in [5, 5.41) is 3.29. The molecule has 2 aromatic rings. The number of anilines is 2. The van der Waals surface area contributed by atoms with E-state index in [1.54, 1.807) is 18.2 Å². The van der Waals surface area contributed by atoms with Gasteiger partial charge in [0.25, 0.3) is 5.91 Å². The molecule has 0 saturated heterocycles. The van der Waals surface area contributed by atoms with Gasteiger partial charge in [0.05, 0.1) is 0 Å². The summed E-state index contributed by atoms with van der Waals surface area (Å²) in [4.78, 5) is 12.2. The van der Waals surface area contributed by atoms with Crippen molar-refractivity contribution in [3.63, 3.8) is 0 Å². The number of carbonyl (C=O) groups is 1. The first-order valence-electron chi connectivity index (χ1n) is 6.97. The predicted octanol–water partition coefficient (Wildman–Crippen LogP) is 4.69. The topological polar surface area (TPSA) is 55.1 Å². The molecule has 0 heterocycles. The number of nitrogen functional groups attached to an aromatic ring is 1. The lowest BCUT2D eigenvalue weighted by Crippen LogP contribution is -2.12. The molecular formula is C17H19ClN2O. The van der Waals surface area contributed by atoms with Gasteiger partial charge < -0.3 is 11.1 Å². The fourth-order valence-electron chi connectivity index (χ4n) is 2.08. The van der Waals surface area contributed by atoms with Crippen molar-refractivity contribution in [3.8, 4) is 0 Å². The Hall–Kier alpha value is -2.00. The van der Waals surface area contributed by atoms with Crippen LogP contribution in [0, 0.1) is 0 Å². The van der Waals surface area contributed by atoms with Crippen molar-refractivity contribution in [1.29, 1.82) is 0 Å². The zero-order valence-corrected chi connectivity index (χ0v) is 12.9. The SMILES string of the molecule is CCC(C)c1ccc(NC(=O)c2cc(N)cc(Cl)c2)cc1. The first-order valence-corrected chi connectivity index (χ1v) is 7.34. The third kappa shape index (κ3) is 3.99. The highest BCUT2D eigenvalue weighted by atomic mass is 35.5. The van der Waals surface area contributed by atoms with Crippen molar-refractivity contribution < 1.29 is 4.79 Å². The summed E-state index contributed by atoms with van der Waals surface area (Å²) < 4.78 is 0. The molecule has 1 amide bonds. The molecule has 0 saturated carbocycles. The summed E-state index contributed by atoms with van der Waals surface area (Å²) in [6, 6.07) is 12.7. The number of nitrogens with one attached hydrogen (secondary N) is 1. The van der Waals surface area contributed by atoms with Crippen LogP contribution >= 0.6 is 11.6 Å². The maximum atomic E-state index is 12.2. The number of nitrogens with two attached hydrogens (primary N) is 1. The lowest BCUT2D eigenvalue weighted by atomic mass is 9.98. The van der Waals surface area contributed by atoms with Gasteiger partial charge in [0.2, 0.25) is 0 Å². The third-order valence-electron chi connectivity index (χ3n) is 3.53. The van der Waals surface area contributed by atoms with E-state index in [9.17, 15) is 4.79 Å². The van der Waals surface area contributed by atoms with Gasteiger partial charge in [-0.05, 0) is 48.2 Å². The van der Waals surface area contributed by atoms with Gasteiger partial charge in [-0.1, -0.05) is 37.6 Å². The summed E-state index contributed by atoms with van der Waals surface area (Å²) in [6.07, 6.45) is 1.09. The van der Waals surface area contributed by atoms with E-state index in [0.717, 1.165) is 12.1 Å². The van der Waals surface area contributed by atoms with Gasteiger partial charge in [-0.2, -0.15) is 0 Å². The quantitative estimate of drug-likeness (QED) is 0.805. The molecule has 4 heteroatoms. The molecule has 3 nitrogen and oxygen atoms in total. The van der Waals surface area contributed by atoms with Crippen LogP contribution in [0.4, 0.5) is 11.4 Å². The van der Waals surface area contributed by atoms with Crippen molar-refractivity contribution in [1.82, 2.24) is 0 Å². The van der Waals surface area contributed by atoms with Crippen molar-refractivity contribution in [2.45, 2.75) is 26.2 Å². The number of amides is 1. The van der Waals surface area contributed by atoms with Crippen LogP contribution in [0.1, 0.15) is 42.1 Å². The fourth-order valence-corrected chi connectivity index (χ4v) is 2.32. The Morgan fingerprint density at radius 2 is 1.90 bits per heavy atom. The molecule has 21 heavy (non-hydrogen) atoms. The molecule has 1 atom stereocenters. The maximum absolute atomic E-state index is 12.2. The van der Waals surface area contributed by atoms with Crippen LogP contribution in [-0.4, -0.2) is 5.91 Å². The molecular weight excluding hydrogens is 284 g/mol. The molecule has 0 bridgehead atoms. The first-order chi connectivity index (χ1) is 9.99. The summed E-state index contributed by atoms with van der Waals surface area (Å²) in [6.45, 7) is 4.34. The summed E-state index contributed by atoms with van der Waals surface area (Å²) in [5.74, 6) is 0.294. The Bertz CT molecular complexity index is 617. The largest absolute Gasteiger partial charge is 0.399 e. The molecule has 2 rings (SSSR count). The van der Waals surface area contributed by atoms with Crippen molar-refractivity contribution in [3.05, 3.63) is 58.6 Å². The molecule has 0 radical (unpaired) electrons. The van der Waals surface area contributed by atoms with Crippen LogP contribution in [0.3, 0.4) is 0 Å². The zero-order chi connectivity index (χ0) is 15.4.